The highest BCUT2D eigenvalue weighted by molar-refractivity contribution is 7.89. The van der Waals surface area contributed by atoms with Crippen molar-refractivity contribution in [1.29, 1.82) is 0 Å². The molecule has 0 radical (unpaired) electrons. The van der Waals surface area contributed by atoms with Crippen LogP contribution in [0.1, 0.15) is 36.8 Å². The molecule has 9 heteroatoms. The highest BCUT2D eigenvalue weighted by Gasteiger charge is 2.37. The van der Waals surface area contributed by atoms with Crippen molar-refractivity contribution in [2.45, 2.75) is 37.1 Å². The van der Waals surface area contributed by atoms with Crippen molar-refractivity contribution in [3.8, 4) is 11.6 Å². The SMILES string of the molecule is Cc1ccc(S(=O)(=O)N2CCCCC2c2nnc(-c3cnccn3)o2)cc1. The number of sulfonamides is 1. The fraction of sp³-hybridized carbons (Fsp3) is 0.333. The van der Waals surface area contributed by atoms with Crippen LogP contribution in [0.3, 0.4) is 0 Å². The molecule has 4 rings (SSSR count). The van der Waals surface area contributed by atoms with Crippen LogP contribution in [0.2, 0.25) is 0 Å². The summed E-state index contributed by atoms with van der Waals surface area (Å²) in [6.45, 7) is 2.34. The van der Waals surface area contributed by atoms with Crippen LogP contribution in [0.5, 0.6) is 0 Å². The lowest BCUT2D eigenvalue weighted by Gasteiger charge is -2.32. The van der Waals surface area contributed by atoms with Gasteiger partial charge in [-0.25, -0.2) is 13.4 Å². The van der Waals surface area contributed by atoms with E-state index in [0.29, 0.717) is 18.7 Å². The molecule has 1 fully saturated rings. The predicted molar refractivity (Wildman–Crippen MR) is 97.0 cm³/mol. The Labute approximate surface area is 157 Å². The summed E-state index contributed by atoms with van der Waals surface area (Å²) >= 11 is 0. The summed E-state index contributed by atoms with van der Waals surface area (Å²) in [5, 5.41) is 8.12. The minimum absolute atomic E-state index is 0.233. The molecule has 1 saturated heterocycles. The zero-order valence-electron chi connectivity index (χ0n) is 14.8. The van der Waals surface area contributed by atoms with E-state index in [9.17, 15) is 8.42 Å². The third-order valence-corrected chi connectivity index (χ3v) is 6.51. The molecule has 0 N–H and O–H groups in total. The van der Waals surface area contributed by atoms with Gasteiger partial charge in [-0.15, -0.1) is 10.2 Å². The molecular formula is C18H19N5O3S. The van der Waals surface area contributed by atoms with E-state index in [-0.39, 0.29) is 16.7 Å². The minimum atomic E-state index is -3.65. The molecule has 140 valence electrons. The summed E-state index contributed by atoms with van der Waals surface area (Å²) in [7, 11) is -3.65. The Bertz CT molecular complexity index is 1020. The van der Waals surface area contributed by atoms with Gasteiger partial charge in [-0.3, -0.25) is 4.98 Å². The summed E-state index contributed by atoms with van der Waals surface area (Å²) in [6.07, 6.45) is 6.94. The second kappa shape index (κ2) is 7.16. The van der Waals surface area contributed by atoms with E-state index in [0.717, 1.165) is 18.4 Å². The van der Waals surface area contributed by atoms with Gasteiger partial charge < -0.3 is 4.42 Å². The monoisotopic (exact) mass is 385 g/mol. The first-order valence-corrected chi connectivity index (χ1v) is 10.2. The Morgan fingerprint density at radius 3 is 2.67 bits per heavy atom. The van der Waals surface area contributed by atoms with Gasteiger partial charge in [0, 0.05) is 18.9 Å². The van der Waals surface area contributed by atoms with E-state index in [1.807, 2.05) is 6.92 Å². The van der Waals surface area contributed by atoms with Crippen LogP contribution < -0.4 is 0 Å². The lowest BCUT2D eigenvalue weighted by Crippen LogP contribution is -2.38. The molecular weight excluding hydrogens is 366 g/mol. The Balaban J connectivity index is 1.67. The second-order valence-corrected chi connectivity index (χ2v) is 8.37. The Kier molecular flexibility index (Phi) is 4.71. The van der Waals surface area contributed by atoms with Gasteiger partial charge in [-0.05, 0) is 31.9 Å². The van der Waals surface area contributed by atoms with Crippen LogP contribution in [0, 0.1) is 6.92 Å². The summed E-state index contributed by atoms with van der Waals surface area (Å²) in [5.41, 5.74) is 1.47. The Hall–Kier alpha value is -2.65. The number of aryl methyl sites for hydroxylation is 1. The molecule has 1 aliphatic rings. The van der Waals surface area contributed by atoms with Crippen LogP contribution in [0.15, 0.2) is 52.2 Å². The van der Waals surface area contributed by atoms with Gasteiger partial charge in [0.2, 0.25) is 15.9 Å². The lowest BCUT2D eigenvalue weighted by atomic mass is 10.1. The van der Waals surface area contributed by atoms with Gasteiger partial charge in [0.05, 0.1) is 11.1 Å². The maximum atomic E-state index is 13.2. The molecule has 0 aliphatic carbocycles. The summed E-state index contributed by atoms with van der Waals surface area (Å²) in [6, 6.07) is 6.38. The van der Waals surface area contributed by atoms with Gasteiger partial charge >= 0.3 is 0 Å². The molecule has 0 saturated carbocycles. The molecule has 3 aromatic rings. The summed E-state index contributed by atoms with van der Waals surface area (Å²) in [4.78, 5) is 8.40. The number of piperidine rings is 1. The highest BCUT2D eigenvalue weighted by atomic mass is 32.2. The molecule has 3 heterocycles. The second-order valence-electron chi connectivity index (χ2n) is 6.48. The number of rotatable bonds is 4. The molecule has 1 aliphatic heterocycles. The molecule has 8 nitrogen and oxygen atoms in total. The van der Waals surface area contributed by atoms with E-state index < -0.39 is 16.1 Å². The lowest BCUT2D eigenvalue weighted by molar-refractivity contribution is 0.220. The van der Waals surface area contributed by atoms with Crippen LogP contribution >= 0.6 is 0 Å². The van der Waals surface area contributed by atoms with Gasteiger partial charge in [-0.1, -0.05) is 24.1 Å². The molecule has 0 bridgehead atoms. The summed E-state index contributed by atoms with van der Waals surface area (Å²) < 4.78 is 33.6. The van der Waals surface area contributed by atoms with Crippen molar-refractivity contribution >= 4 is 10.0 Å². The van der Waals surface area contributed by atoms with Gasteiger partial charge in [0.25, 0.3) is 5.89 Å². The molecule has 0 amide bonds. The zero-order valence-corrected chi connectivity index (χ0v) is 15.6. The largest absolute Gasteiger partial charge is 0.417 e. The van der Waals surface area contributed by atoms with Crippen molar-refractivity contribution < 1.29 is 12.8 Å². The smallest absolute Gasteiger partial charge is 0.267 e. The number of benzene rings is 1. The topological polar surface area (TPSA) is 102 Å². The average molecular weight is 385 g/mol. The number of nitrogens with zero attached hydrogens (tertiary/aromatic N) is 5. The quantitative estimate of drug-likeness (QED) is 0.680. The van der Waals surface area contributed by atoms with Crippen molar-refractivity contribution in [2.24, 2.45) is 0 Å². The number of aromatic nitrogens is 4. The predicted octanol–water partition coefficient (Wildman–Crippen LogP) is 2.75. The fourth-order valence-electron chi connectivity index (χ4n) is 3.17. The van der Waals surface area contributed by atoms with Crippen molar-refractivity contribution in [3.63, 3.8) is 0 Å². The molecule has 27 heavy (non-hydrogen) atoms. The number of hydrogen-bond donors (Lipinski definition) is 0. The standard InChI is InChI=1S/C18H19N5O3S/c1-13-5-7-14(8-6-13)27(24,25)23-11-3-2-4-16(23)18-22-21-17(26-18)15-12-19-9-10-20-15/h5-10,12,16H,2-4,11H2,1H3. The van der Waals surface area contributed by atoms with Crippen molar-refractivity contribution in [3.05, 3.63) is 54.3 Å². The average Bonchev–Trinajstić information content (AvgIpc) is 3.19. The molecule has 1 aromatic carbocycles. The fourth-order valence-corrected chi connectivity index (χ4v) is 4.82. The van der Waals surface area contributed by atoms with E-state index in [4.69, 9.17) is 4.42 Å². The first-order chi connectivity index (χ1) is 13.1. The molecule has 0 spiro atoms. The van der Waals surface area contributed by atoms with E-state index in [1.165, 1.54) is 16.7 Å². The number of hydrogen-bond acceptors (Lipinski definition) is 7. The highest BCUT2D eigenvalue weighted by Crippen LogP contribution is 2.35. The maximum Gasteiger partial charge on any atom is 0.267 e. The molecule has 2 aromatic heterocycles. The Morgan fingerprint density at radius 2 is 1.93 bits per heavy atom. The van der Waals surface area contributed by atoms with Crippen LogP contribution in [-0.2, 0) is 10.0 Å². The van der Waals surface area contributed by atoms with E-state index in [2.05, 4.69) is 20.2 Å². The van der Waals surface area contributed by atoms with Crippen molar-refractivity contribution in [2.75, 3.05) is 6.54 Å². The van der Waals surface area contributed by atoms with Gasteiger partial charge in [0.1, 0.15) is 11.7 Å². The van der Waals surface area contributed by atoms with Crippen LogP contribution in [0.25, 0.3) is 11.6 Å². The zero-order chi connectivity index (χ0) is 18.9. The van der Waals surface area contributed by atoms with E-state index >= 15 is 0 Å². The third-order valence-electron chi connectivity index (χ3n) is 4.59. The minimum Gasteiger partial charge on any atom is -0.417 e. The Morgan fingerprint density at radius 1 is 1.11 bits per heavy atom. The van der Waals surface area contributed by atoms with E-state index in [1.54, 1.807) is 30.5 Å². The van der Waals surface area contributed by atoms with Crippen LogP contribution in [-0.4, -0.2) is 39.4 Å². The van der Waals surface area contributed by atoms with Crippen molar-refractivity contribution in [1.82, 2.24) is 24.5 Å². The van der Waals surface area contributed by atoms with Gasteiger partial charge in [0.15, 0.2) is 0 Å². The van der Waals surface area contributed by atoms with Crippen LogP contribution in [0.4, 0.5) is 0 Å². The first-order valence-electron chi connectivity index (χ1n) is 8.74. The maximum absolute atomic E-state index is 13.2. The molecule has 1 unspecified atom stereocenters. The molecule has 1 atom stereocenters. The summed E-state index contributed by atoms with van der Waals surface area (Å²) in [5.74, 6) is 0.516. The first kappa shape index (κ1) is 17.7. The third kappa shape index (κ3) is 3.47. The normalized spacial score (nSPS) is 18.5. The van der Waals surface area contributed by atoms with Gasteiger partial charge in [-0.2, -0.15) is 4.31 Å².